The second-order valence-corrected chi connectivity index (χ2v) is 5.53. The molecular weight excluding hydrogens is 331 g/mol. The Morgan fingerprint density at radius 2 is 1.85 bits per heavy atom. The summed E-state index contributed by atoms with van der Waals surface area (Å²) in [7, 11) is 0. The van der Waals surface area contributed by atoms with Crippen molar-refractivity contribution in [3.05, 3.63) is 83.8 Å². The Hall–Kier alpha value is -3.72. The summed E-state index contributed by atoms with van der Waals surface area (Å²) in [6, 6.07) is 18.7. The number of amides is 1. The summed E-state index contributed by atoms with van der Waals surface area (Å²) in [5.74, 6) is -0.191. The molecule has 0 fully saturated rings. The summed E-state index contributed by atoms with van der Waals surface area (Å²) >= 11 is 0. The molecule has 0 aliphatic carbocycles. The summed E-state index contributed by atoms with van der Waals surface area (Å²) in [5, 5.41) is 14.8. The van der Waals surface area contributed by atoms with Crippen molar-refractivity contribution in [2.24, 2.45) is 0 Å². The van der Waals surface area contributed by atoms with Crippen LogP contribution in [0.5, 0.6) is 0 Å². The van der Waals surface area contributed by atoms with E-state index in [1.807, 2.05) is 6.07 Å². The number of para-hydroxylation sites is 1. The molecule has 26 heavy (non-hydrogen) atoms. The zero-order chi connectivity index (χ0) is 18.4. The van der Waals surface area contributed by atoms with E-state index in [1.165, 1.54) is 12.3 Å². The number of hydrogen-bond donors (Lipinski definition) is 2. The van der Waals surface area contributed by atoms with Crippen LogP contribution in [-0.2, 0) is 11.2 Å². The summed E-state index contributed by atoms with van der Waals surface area (Å²) in [4.78, 5) is 16.3. The number of anilines is 3. The number of nitrogens with zero attached hydrogens (tertiary/aromatic N) is 2. The van der Waals surface area contributed by atoms with Crippen molar-refractivity contribution >= 4 is 23.1 Å². The van der Waals surface area contributed by atoms with E-state index in [4.69, 9.17) is 5.26 Å². The molecule has 0 aliphatic heterocycles. The van der Waals surface area contributed by atoms with Crippen LogP contribution in [-0.4, -0.2) is 10.9 Å². The largest absolute Gasteiger partial charge is 0.339 e. The van der Waals surface area contributed by atoms with Crippen LogP contribution in [0.1, 0.15) is 11.1 Å². The van der Waals surface area contributed by atoms with Gasteiger partial charge in [-0.1, -0.05) is 30.3 Å². The summed E-state index contributed by atoms with van der Waals surface area (Å²) < 4.78 is 13.6. The quantitative estimate of drug-likeness (QED) is 0.731. The maximum Gasteiger partial charge on any atom is 0.228 e. The molecule has 0 radical (unpaired) electrons. The van der Waals surface area contributed by atoms with Gasteiger partial charge in [0.25, 0.3) is 0 Å². The van der Waals surface area contributed by atoms with Gasteiger partial charge < -0.3 is 10.6 Å². The number of rotatable bonds is 5. The maximum atomic E-state index is 13.6. The van der Waals surface area contributed by atoms with E-state index in [-0.39, 0.29) is 12.3 Å². The molecule has 128 valence electrons. The molecule has 1 heterocycles. The lowest BCUT2D eigenvalue weighted by molar-refractivity contribution is -0.115. The first-order valence-electron chi connectivity index (χ1n) is 7.91. The minimum atomic E-state index is -0.406. The molecule has 3 rings (SSSR count). The summed E-state index contributed by atoms with van der Waals surface area (Å²) in [5.41, 5.74) is 2.00. The number of benzene rings is 2. The van der Waals surface area contributed by atoms with Crippen molar-refractivity contribution in [2.75, 3.05) is 10.6 Å². The highest BCUT2D eigenvalue weighted by molar-refractivity contribution is 5.92. The number of carbonyl (C=O) groups excluding carboxylic acids is 1. The van der Waals surface area contributed by atoms with E-state index in [2.05, 4.69) is 21.7 Å². The number of aromatic nitrogens is 1. The molecule has 6 heteroatoms. The number of pyridine rings is 1. The minimum absolute atomic E-state index is 0.0534. The lowest BCUT2D eigenvalue weighted by atomic mass is 10.1. The van der Waals surface area contributed by atoms with E-state index >= 15 is 0 Å². The molecule has 1 aromatic heterocycles. The number of hydrogen-bond acceptors (Lipinski definition) is 4. The molecule has 3 aromatic rings. The number of halogens is 1. The molecule has 0 saturated heterocycles. The zero-order valence-electron chi connectivity index (χ0n) is 13.7. The smallest absolute Gasteiger partial charge is 0.228 e. The predicted octanol–water partition coefficient (Wildman–Crippen LogP) is 4.02. The van der Waals surface area contributed by atoms with E-state index < -0.39 is 5.82 Å². The first-order valence-corrected chi connectivity index (χ1v) is 7.91. The molecule has 2 N–H and O–H groups in total. The van der Waals surface area contributed by atoms with Crippen LogP contribution >= 0.6 is 0 Å². The molecule has 0 unspecified atom stereocenters. The van der Waals surface area contributed by atoms with Crippen molar-refractivity contribution in [3.63, 3.8) is 0 Å². The van der Waals surface area contributed by atoms with Crippen LogP contribution < -0.4 is 10.6 Å². The zero-order valence-corrected chi connectivity index (χ0v) is 13.7. The fourth-order valence-electron chi connectivity index (χ4n) is 2.39. The van der Waals surface area contributed by atoms with Crippen molar-refractivity contribution in [1.82, 2.24) is 4.98 Å². The molecule has 0 bridgehead atoms. The van der Waals surface area contributed by atoms with E-state index in [9.17, 15) is 9.18 Å². The van der Waals surface area contributed by atoms with E-state index in [1.54, 1.807) is 48.5 Å². The van der Waals surface area contributed by atoms with Crippen molar-refractivity contribution < 1.29 is 9.18 Å². The highest BCUT2D eigenvalue weighted by Gasteiger charge is 2.08. The molecule has 0 spiro atoms. The Kier molecular flexibility index (Phi) is 5.20. The molecule has 0 atom stereocenters. The normalized spacial score (nSPS) is 10.0. The van der Waals surface area contributed by atoms with E-state index in [0.717, 1.165) is 0 Å². The first-order chi connectivity index (χ1) is 12.7. The minimum Gasteiger partial charge on any atom is -0.339 e. The Bertz CT molecular complexity index is 964. The van der Waals surface area contributed by atoms with Gasteiger partial charge in [0.15, 0.2) is 0 Å². The molecule has 1 amide bonds. The fraction of sp³-hybridized carbons (Fsp3) is 0.0500. The van der Waals surface area contributed by atoms with Crippen molar-refractivity contribution in [2.45, 2.75) is 6.42 Å². The summed E-state index contributed by atoms with van der Waals surface area (Å²) in [6.45, 7) is 0. The number of carbonyl (C=O) groups is 1. The van der Waals surface area contributed by atoms with E-state index in [0.29, 0.717) is 28.3 Å². The Balaban J connectivity index is 1.63. The van der Waals surface area contributed by atoms with Crippen molar-refractivity contribution in [1.29, 1.82) is 5.26 Å². The lowest BCUT2D eigenvalue weighted by Crippen LogP contribution is -2.15. The van der Waals surface area contributed by atoms with Crippen LogP contribution in [0.25, 0.3) is 0 Å². The van der Waals surface area contributed by atoms with Gasteiger partial charge in [-0.3, -0.25) is 4.79 Å². The highest BCUT2D eigenvalue weighted by Crippen LogP contribution is 2.19. The standard InChI is InChI=1S/C20H15FN4O/c21-17-7-3-1-5-14(17)11-20(26)24-16-9-10-19(23-13-16)25-18-8-4-2-6-15(18)12-22/h1-10,13H,11H2,(H,23,25)(H,24,26). The Morgan fingerprint density at radius 3 is 2.58 bits per heavy atom. The third-order valence-corrected chi connectivity index (χ3v) is 3.67. The average molecular weight is 346 g/mol. The highest BCUT2D eigenvalue weighted by atomic mass is 19.1. The Labute approximate surface area is 150 Å². The van der Waals surface area contributed by atoms with Gasteiger partial charge >= 0.3 is 0 Å². The predicted molar refractivity (Wildman–Crippen MR) is 97.4 cm³/mol. The van der Waals surface area contributed by atoms with Gasteiger partial charge in [0, 0.05) is 0 Å². The maximum absolute atomic E-state index is 13.6. The first kappa shape index (κ1) is 17.1. The molecule has 0 aliphatic rings. The summed E-state index contributed by atoms with van der Waals surface area (Å²) in [6.07, 6.45) is 1.44. The topological polar surface area (TPSA) is 77.8 Å². The second kappa shape index (κ2) is 7.90. The molecule has 2 aromatic carbocycles. The van der Waals surface area contributed by atoms with Gasteiger partial charge in [-0.25, -0.2) is 9.37 Å². The van der Waals surface area contributed by atoms with Gasteiger partial charge in [-0.05, 0) is 35.9 Å². The third-order valence-electron chi connectivity index (χ3n) is 3.67. The van der Waals surface area contributed by atoms with Gasteiger partial charge in [0.1, 0.15) is 17.7 Å². The van der Waals surface area contributed by atoms with Crippen LogP contribution in [0, 0.1) is 17.1 Å². The van der Waals surface area contributed by atoms with Gasteiger partial charge in [0.05, 0.1) is 29.6 Å². The fourth-order valence-corrected chi connectivity index (χ4v) is 2.39. The average Bonchev–Trinajstić information content (AvgIpc) is 2.66. The van der Waals surface area contributed by atoms with Gasteiger partial charge in [-0.15, -0.1) is 0 Å². The number of nitriles is 1. The SMILES string of the molecule is N#Cc1ccccc1Nc1ccc(NC(=O)Cc2ccccc2F)cn1. The third kappa shape index (κ3) is 4.22. The molecule has 5 nitrogen and oxygen atoms in total. The van der Waals surface area contributed by atoms with Gasteiger partial charge in [-0.2, -0.15) is 5.26 Å². The lowest BCUT2D eigenvalue weighted by Gasteiger charge is -2.09. The number of nitrogens with one attached hydrogen (secondary N) is 2. The second-order valence-electron chi connectivity index (χ2n) is 5.53. The van der Waals surface area contributed by atoms with Crippen LogP contribution in [0.2, 0.25) is 0 Å². The van der Waals surface area contributed by atoms with Crippen molar-refractivity contribution in [3.8, 4) is 6.07 Å². The van der Waals surface area contributed by atoms with Crippen LogP contribution in [0.4, 0.5) is 21.6 Å². The monoisotopic (exact) mass is 346 g/mol. The van der Waals surface area contributed by atoms with Crippen LogP contribution in [0.3, 0.4) is 0 Å². The molecular formula is C20H15FN4O. The molecule has 0 saturated carbocycles. The van der Waals surface area contributed by atoms with Crippen LogP contribution in [0.15, 0.2) is 66.9 Å². The van der Waals surface area contributed by atoms with Gasteiger partial charge in [0.2, 0.25) is 5.91 Å². The Morgan fingerprint density at radius 1 is 1.08 bits per heavy atom.